The van der Waals surface area contributed by atoms with Crippen molar-refractivity contribution in [2.24, 2.45) is 0 Å². The first kappa shape index (κ1) is 76.9. The second kappa shape index (κ2) is 45.7. The van der Waals surface area contributed by atoms with E-state index in [2.05, 4.69) is 291 Å². The molecule has 2 heteroatoms. The van der Waals surface area contributed by atoms with Crippen LogP contribution in [0.3, 0.4) is 0 Å². The summed E-state index contributed by atoms with van der Waals surface area (Å²) in [5, 5.41) is 18.4. The fourth-order valence-electron chi connectivity index (χ4n) is 10.6. The Hall–Kier alpha value is -10.9. The number of rotatable bonds is 2. The van der Waals surface area contributed by atoms with Crippen molar-refractivity contribution < 1.29 is 62.2 Å². The van der Waals surface area contributed by atoms with Gasteiger partial charge in [0.05, 0.1) is 0 Å². The molecular weight excluding hydrogens is 1680 g/mol. The standard InChI is InChI=1S/2C14H10.2C12H8.3C10H8.3C6H6.2U/c2*1-2-6-12-10-14-8-4-3-7-13(14)9-11(12)5-1;2*1-3-7-11(8-4-1)12-9-5-2-6-10-12;3*1-2-6-10-8-4-3-7-9(10)5-1;3*1-2-4-6-5-3-1;;/h2*1-10H;2*1-7,9H;3*1-8H;3*1-6H;;/q;;2*-2;;;;;;;2*+2. The van der Waals surface area contributed by atoms with Crippen LogP contribution in [-0.2, 0) is 0 Å². The molecule has 0 nitrogen and oxygen atoms in total. The van der Waals surface area contributed by atoms with Crippen molar-refractivity contribution in [2.45, 2.75) is 0 Å². The van der Waals surface area contributed by atoms with Gasteiger partial charge >= 0.3 is 62.2 Å². The second-order valence-corrected chi connectivity index (χ2v) is 22.7. The Morgan fingerprint density at radius 3 is 0.324 bits per heavy atom. The van der Waals surface area contributed by atoms with Gasteiger partial charge in [-0.2, -0.15) is 97.1 Å². The van der Waals surface area contributed by atoms with Crippen LogP contribution >= 0.6 is 0 Å². The van der Waals surface area contributed by atoms with Gasteiger partial charge in [-0.1, -0.05) is 352 Å². The predicted molar refractivity (Wildman–Crippen MR) is 433 cm³/mol. The zero-order valence-electron chi connectivity index (χ0n) is 57.0. The van der Waals surface area contributed by atoms with E-state index < -0.39 is 0 Å². The molecule has 0 aliphatic heterocycles. The molecular formula is C100H78U2. The van der Waals surface area contributed by atoms with Crippen LogP contribution < -0.4 is 0 Å². The van der Waals surface area contributed by atoms with Crippen LogP contribution in [0.25, 0.3) is 97.7 Å². The Balaban J connectivity index is 0.000000145. The van der Waals surface area contributed by atoms with Crippen LogP contribution in [0.15, 0.2) is 473 Å². The summed E-state index contributed by atoms with van der Waals surface area (Å²) in [6.07, 6.45) is 0. The van der Waals surface area contributed by atoms with Crippen molar-refractivity contribution in [3.05, 3.63) is 497 Å². The monoisotopic (exact) mass is 1750 g/mol. The number of benzene rings is 19. The number of hydrogen-bond donors (Lipinski definition) is 0. The fourth-order valence-corrected chi connectivity index (χ4v) is 10.6. The number of hydrogen-bond acceptors (Lipinski definition) is 0. The topological polar surface area (TPSA) is 0 Å². The van der Waals surface area contributed by atoms with Crippen LogP contribution in [0.1, 0.15) is 0 Å². The molecule has 19 aromatic rings. The van der Waals surface area contributed by atoms with Crippen molar-refractivity contribution in [1.82, 2.24) is 0 Å². The minimum absolute atomic E-state index is 0. The molecule has 0 bridgehead atoms. The summed E-state index contributed by atoms with van der Waals surface area (Å²) in [6.45, 7) is 0. The summed E-state index contributed by atoms with van der Waals surface area (Å²) < 4.78 is 0. The Morgan fingerprint density at radius 1 is 0.108 bits per heavy atom. The van der Waals surface area contributed by atoms with Gasteiger partial charge in [-0.25, -0.2) is 22.3 Å². The van der Waals surface area contributed by atoms with Gasteiger partial charge in [0.15, 0.2) is 0 Å². The van der Waals surface area contributed by atoms with E-state index in [1.807, 2.05) is 206 Å². The van der Waals surface area contributed by atoms with Gasteiger partial charge in [0.1, 0.15) is 0 Å². The first-order valence-corrected chi connectivity index (χ1v) is 33.6. The molecule has 0 N–H and O–H groups in total. The van der Waals surface area contributed by atoms with Crippen LogP contribution in [0.2, 0.25) is 0 Å². The maximum atomic E-state index is 3.15. The molecule has 0 saturated heterocycles. The predicted octanol–water partition coefficient (Wildman–Crippen LogP) is 27.5. The molecule has 19 rings (SSSR count). The van der Waals surface area contributed by atoms with E-state index in [9.17, 15) is 0 Å². The maximum Gasteiger partial charge on any atom is 2.00 e. The first-order valence-electron chi connectivity index (χ1n) is 33.6. The average molecular weight is 1760 g/mol. The summed E-state index contributed by atoms with van der Waals surface area (Å²) in [5.41, 5.74) is 4.38. The van der Waals surface area contributed by atoms with Gasteiger partial charge in [0.2, 0.25) is 0 Å². The van der Waals surface area contributed by atoms with E-state index in [0.717, 1.165) is 22.3 Å². The minimum Gasteiger partial charge on any atom is -0.226 e. The summed E-state index contributed by atoms with van der Waals surface area (Å²) in [4.78, 5) is 0. The third kappa shape index (κ3) is 26.6. The third-order valence-corrected chi connectivity index (χ3v) is 15.6. The van der Waals surface area contributed by atoms with E-state index in [4.69, 9.17) is 0 Å². The van der Waals surface area contributed by atoms with Crippen LogP contribution in [0, 0.1) is 86.5 Å². The molecule has 0 radical (unpaired) electrons. The Labute approximate surface area is 651 Å². The van der Waals surface area contributed by atoms with Gasteiger partial charge in [-0.05, 0) is 99.7 Å². The molecule has 0 amide bonds. The van der Waals surface area contributed by atoms with Gasteiger partial charge in [-0.15, -0.1) is 24.3 Å². The van der Waals surface area contributed by atoms with Crippen molar-refractivity contribution in [3.8, 4) is 22.3 Å². The molecule has 486 valence electrons. The Kier molecular flexibility index (Phi) is 34.4. The molecule has 0 atom stereocenters. The van der Waals surface area contributed by atoms with Gasteiger partial charge in [0.25, 0.3) is 0 Å². The van der Waals surface area contributed by atoms with E-state index >= 15 is 0 Å². The largest absolute Gasteiger partial charge is 2.00 e. The first-order chi connectivity index (χ1) is 49.7. The second-order valence-electron chi connectivity index (χ2n) is 22.7. The minimum atomic E-state index is 0. The molecule has 0 fully saturated rings. The third-order valence-electron chi connectivity index (χ3n) is 15.6. The normalized spacial score (nSPS) is 9.61. The van der Waals surface area contributed by atoms with Crippen molar-refractivity contribution in [1.29, 1.82) is 0 Å². The van der Waals surface area contributed by atoms with Crippen LogP contribution in [0.5, 0.6) is 0 Å². The molecule has 0 saturated carbocycles. The molecule has 19 aromatic carbocycles. The molecule has 0 unspecified atom stereocenters. The molecule has 102 heavy (non-hydrogen) atoms. The average Bonchev–Trinajstić information content (AvgIpc) is 0.819. The molecule has 0 aliphatic carbocycles. The Morgan fingerprint density at radius 2 is 0.216 bits per heavy atom. The maximum absolute atomic E-state index is 3.15. The van der Waals surface area contributed by atoms with Gasteiger partial charge < -0.3 is 0 Å². The number of fused-ring (bicyclic) bond motifs is 7. The molecule has 0 spiro atoms. The van der Waals surface area contributed by atoms with E-state index in [0.29, 0.717) is 0 Å². The van der Waals surface area contributed by atoms with E-state index in [-0.39, 0.29) is 62.2 Å². The van der Waals surface area contributed by atoms with E-state index in [1.54, 1.807) is 0 Å². The molecule has 0 heterocycles. The zero-order valence-corrected chi connectivity index (χ0v) is 65.4. The smallest absolute Gasteiger partial charge is 0.226 e. The SMILES string of the molecule is [U+2].[U+2].[c-]1ccccc1-c1[c-]cccc1.[c-]1ccccc1-c1[c-]cccc1.c1ccc2cc3ccccc3cc2c1.c1ccc2cc3ccccc3cc2c1.c1ccc2ccccc2c1.c1ccc2ccccc2c1.c1ccc2ccccc2c1.c1ccccc1.c1ccccc1.c1ccccc1. The Bertz CT molecular complexity index is 4360. The van der Waals surface area contributed by atoms with Crippen molar-refractivity contribution >= 4 is 75.4 Å². The van der Waals surface area contributed by atoms with Crippen molar-refractivity contribution in [3.63, 3.8) is 0 Å². The van der Waals surface area contributed by atoms with E-state index in [1.165, 1.54) is 75.4 Å². The fraction of sp³-hybridized carbons (Fsp3) is 0. The van der Waals surface area contributed by atoms with Gasteiger partial charge in [0, 0.05) is 0 Å². The summed E-state index contributed by atoms with van der Waals surface area (Å²) in [7, 11) is 0. The van der Waals surface area contributed by atoms with Gasteiger partial charge in [-0.3, -0.25) is 0 Å². The summed E-state index contributed by atoms with van der Waals surface area (Å²) in [5.74, 6) is 0. The zero-order chi connectivity index (χ0) is 68.4. The summed E-state index contributed by atoms with van der Waals surface area (Å²) in [6, 6.07) is 173. The van der Waals surface area contributed by atoms with Crippen LogP contribution in [0.4, 0.5) is 0 Å². The molecule has 0 aliphatic rings. The van der Waals surface area contributed by atoms with Crippen LogP contribution in [-0.4, -0.2) is 0 Å². The summed E-state index contributed by atoms with van der Waals surface area (Å²) >= 11 is 0. The quantitative estimate of drug-likeness (QED) is 0.120. The van der Waals surface area contributed by atoms with Crippen molar-refractivity contribution in [2.75, 3.05) is 0 Å². The molecule has 0 aromatic heterocycles.